The Morgan fingerprint density at radius 1 is 1.15 bits per heavy atom. The summed E-state index contributed by atoms with van der Waals surface area (Å²) in [6.45, 7) is 1.02. The average molecular weight is 583 g/mol. The molecule has 1 heterocycles. The number of ether oxygens (including phenoxy) is 2. The molecular formula is C27H30ClF3N4O5. The first kappa shape index (κ1) is 30.8. The van der Waals surface area contributed by atoms with Gasteiger partial charge in [-0.05, 0) is 75.2 Å². The molecule has 9 nitrogen and oxygen atoms in total. The summed E-state index contributed by atoms with van der Waals surface area (Å²) in [6, 6.07) is 13.3. The van der Waals surface area contributed by atoms with Crippen LogP contribution in [0.3, 0.4) is 0 Å². The van der Waals surface area contributed by atoms with Gasteiger partial charge in [0, 0.05) is 23.2 Å². The summed E-state index contributed by atoms with van der Waals surface area (Å²) in [4.78, 5) is 24.0. The van der Waals surface area contributed by atoms with Crippen LogP contribution in [0.1, 0.15) is 36.8 Å². The molecule has 1 saturated heterocycles. The third-order valence-electron chi connectivity index (χ3n) is 7.41. The third-order valence-corrected chi connectivity index (χ3v) is 7.72. The lowest BCUT2D eigenvalue weighted by atomic mass is 9.65. The van der Waals surface area contributed by atoms with Crippen molar-refractivity contribution in [3.63, 3.8) is 0 Å². The average Bonchev–Trinajstić information content (AvgIpc) is 3.25. The maximum atomic E-state index is 12.6. The molecule has 0 spiro atoms. The van der Waals surface area contributed by atoms with Crippen molar-refractivity contribution in [2.75, 3.05) is 33.1 Å². The minimum absolute atomic E-state index is 0.0314. The molecule has 2 aromatic rings. The van der Waals surface area contributed by atoms with Gasteiger partial charge in [0.05, 0.1) is 24.8 Å². The van der Waals surface area contributed by atoms with Gasteiger partial charge < -0.3 is 30.1 Å². The number of methoxy groups -OCH3 is 2. The number of carboxylic acid groups (broad SMARTS) is 1. The number of nitrogens with one attached hydrogen (secondary N) is 2. The molecule has 0 radical (unpaired) electrons. The third kappa shape index (κ3) is 6.89. The normalized spacial score (nSPS) is 22.1. The Bertz CT molecular complexity index is 1290. The smallest absolute Gasteiger partial charge is 0.490 e. The summed E-state index contributed by atoms with van der Waals surface area (Å²) < 4.78 is 42.7. The van der Waals surface area contributed by atoms with Crippen molar-refractivity contribution in [2.24, 2.45) is 0 Å². The van der Waals surface area contributed by atoms with Crippen LogP contribution in [0.25, 0.3) is 0 Å². The van der Waals surface area contributed by atoms with E-state index in [0.29, 0.717) is 22.3 Å². The van der Waals surface area contributed by atoms with Crippen molar-refractivity contribution in [3.8, 4) is 17.6 Å². The number of carboxylic acids is 1. The second-order valence-electron chi connectivity index (χ2n) is 9.65. The van der Waals surface area contributed by atoms with Gasteiger partial charge >= 0.3 is 18.2 Å². The molecule has 2 aromatic carbocycles. The number of carbonyl (C=O) groups is 2. The molecular weight excluding hydrogens is 553 g/mol. The number of alkyl halides is 3. The number of anilines is 1. The molecule has 2 aliphatic rings. The van der Waals surface area contributed by atoms with Gasteiger partial charge in [0.15, 0.2) is 11.5 Å². The molecule has 1 aliphatic carbocycles. The first-order chi connectivity index (χ1) is 18.8. The van der Waals surface area contributed by atoms with Crippen LogP contribution in [-0.4, -0.2) is 68.1 Å². The molecule has 0 aromatic heterocycles. The molecule has 4 rings (SSSR count). The Kier molecular flexibility index (Phi) is 9.76. The number of amides is 2. The van der Waals surface area contributed by atoms with Gasteiger partial charge in [0.1, 0.15) is 6.07 Å². The fourth-order valence-corrected chi connectivity index (χ4v) is 5.65. The van der Waals surface area contributed by atoms with Crippen molar-refractivity contribution < 1.29 is 37.3 Å². The van der Waals surface area contributed by atoms with Crippen LogP contribution < -0.4 is 20.1 Å². The van der Waals surface area contributed by atoms with Gasteiger partial charge in [-0.3, -0.25) is 0 Å². The molecule has 13 heteroatoms. The molecule has 40 heavy (non-hydrogen) atoms. The Morgan fingerprint density at radius 2 is 1.82 bits per heavy atom. The van der Waals surface area contributed by atoms with Crippen LogP contribution in [-0.2, 0) is 10.2 Å². The molecule has 3 atom stereocenters. The second kappa shape index (κ2) is 12.7. The maximum Gasteiger partial charge on any atom is 0.490 e. The van der Waals surface area contributed by atoms with E-state index in [-0.39, 0.29) is 17.5 Å². The molecule has 0 bridgehead atoms. The van der Waals surface area contributed by atoms with Crippen molar-refractivity contribution in [1.82, 2.24) is 10.2 Å². The van der Waals surface area contributed by atoms with Gasteiger partial charge in [-0.15, -0.1) is 0 Å². The number of aliphatic carboxylic acids is 1. The molecule has 3 N–H and O–H groups in total. The van der Waals surface area contributed by atoms with E-state index in [1.807, 2.05) is 12.1 Å². The molecule has 0 unspecified atom stereocenters. The number of nitrogens with zero attached hydrogens (tertiary/aromatic N) is 2. The van der Waals surface area contributed by atoms with Gasteiger partial charge in [-0.2, -0.15) is 18.4 Å². The monoisotopic (exact) mass is 582 g/mol. The number of halogens is 4. The summed E-state index contributed by atoms with van der Waals surface area (Å²) >= 11 is 6.08. The van der Waals surface area contributed by atoms with E-state index < -0.39 is 12.1 Å². The Morgan fingerprint density at radius 3 is 2.40 bits per heavy atom. The number of carbonyl (C=O) groups excluding carboxylic acids is 1. The van der Waals surface area contributed by atoms with Gasteiger partial charge in [0.25, 0.3) is 0 Å². The quantitative estimate of drug-likeness (QED) is 0.444. The van der Waals surface area contributed by atoms with Crippen LogP contribution in [0, 0.1) is 11.3 Å². The molecule has 2 amide bonds. The van der Waals surface area contributed by atoms with Gasteiger partial charge in [-0.1, -0.05) is 17.7 Å². The number of fused-ring (bicyclic) bond motifs is 1. The summed E-state index contributed by atoms with van der Waals surface area (Å²) in [5.41, 5.74) is 2.24. The number of likely N-dealkylation sites (tertiary alicyclic amines) is 1. The highest BCUT2D eigenvalue weighted by Crippen LogP contribution is 2.49. The number of rotatable bonds is 5. The van der Waals surface area contributed by atoms with E-state index in [9.17, 15) is 18.0 Å². The number of urea groups is 1. The zero-order chi connectivity index (χ0) is 29.7. The predicted octanol–water partition coefficient (Wildman–Crippen LogP) is 5.18. The van der Waals surface area contributed by atoms with E-state index in [1.54, 1.807) is 32.4 Å². The van der Waals surface area contributed by atoms with Crippen LogP contribution in [0.4, 0.5) is 23.7 Å². The zero-order valence-electron chi connectivity index (χ0n) is 22.1. The van der Waals surface area contributed by atoms with Crippen molar-refractivity contribution in [3.05, 3.63) is 52.5 Å². The van der Waals surface area contributed by atoms with Crippen molar-refractivity contribution in [2.45, 2.75) is 49.4 Å². The molecule has 216 valence electrons. The van der Waals surface area contributed by atoms with E-state index in [0.717, 1.165) is 43.7 Å². The van der Waals surface area contributed by atoms with E-state index in [1.165, 1.54) is 5.56 Å². The van der Waals surface area contributed by atoms with Crippen LogP contribution in [0.5, 0.6) is 11.5 Å². The Labute approximate surface area is 234 Å². The maximum absolute atomic E-state index is 12.6. The van der Waals surface area contributed by atoms with E-state index in [4.69, 9.17) is 36.2 Å². The standard InChI is InChI=1S/C25H29ClN4O3.C2HF3O2/c1-30-11-10-25(17-5-7-21(32-2)22(12-17)33-3)9-8-19(14-23(25)30)29-24(31)28-18-6-4-16(15-27)20(26)13-18;3-2(4,5)1(6)7/h4-7,12-13,19,23H,8-11,14H2,1-3H3,(H2,28,29,31);(H,6,7)/t19-,23+,25+;/m0./s1. The number of nitriles is 1. The van der Waals surface area contributed by atoms with Crippen LogP contribution in [0.15, 0.2) is 36.4 Å². The minimum Gasteiger partial charge on any atom is -0.493 e. The molecule has 1 saturated carbocycles. The molecule has 2 fully saturated rings. The van der Waals surface area contributed by atoms with Crippen molar-refractivity contribution >= 4 is 29.3 Å². The highest BCUT2D eigenvalue weighted by molar-refractivity contribution is 6.32. The molecule has 1 aliphatic heterocycles. The highest BCUT2D eigenvalue weighted by Gasteiger charge is 2.50. The summed E-state index contributed by atoms with van der Waals surface area (Å²) in [6.07, 6.45) is -1.27. The lowest BCUT2D eigenvalue weighted by Crippen LogP contribution is -2.52. The number of hydrogen-bond donors (Lipinski definition) is 3. The summed E-state index contributed by atoms with van der Waals surface area (Å²) in [5, 5.41) is 22.4. The first-order valence-electron chi connectivity index (χ1n) is 12.3. The minimum atomic E-state index is -5.08. The highest BCUT2D eigenvalue weighted by atomic mass is 35.5. The van der Waals surface area contributed by atoms with Crippen LogP contribution >= 0.6 is 11.6 Å². The Hall–Kier alpha value is -3.69. The van der Waals surface area contributed by atoms with Gasteiger partial charge in [0.2, 0.25) is 0 Å². The fraction of sp³-hybridized carbons (Fsp3) is 0.444. The largest absolute Gasteiger partial charge is 0.493 e. The van der Waals surface area contributed by atoms with Gasteiger partial charge in [-0.25, -0.2) is 9.59 Å². The number of likely N-dealkylation sites (N-methyl/N-ethyl adjacent to an activating group) is 1. The first-order valence-corrected chi connectivity index (χ1v) is 12.7. The lowest BCUT2D eigenvalue weighted by Gasteiger charge is -2.45. The predicted molar refractivity (Wildman–Crippen MR) is 142 cm³/mol. The van der Waals surface area contributed by atoms with E-state index in [2.05, 4.69) is 34.7 Å². The summed E-state index contributed by atoms with van der Waals surface area (Å²) in [7, 11) is 5.47. The lowest BCUT2D eigenvalue weighted by molar-refractivity contribution is -0.192. The topological polar surface area (TPSA) is 124 Å². The van der Waals surface area contributed by atoms with Crippen molar-refractivity contribution in [1.29, 1.82) is 5.26 Å². The zero-order valence-corrected chi connectivity index (χ0v) is 22.9. The number of benzene rings is 2. The van der Waals surface area contributed by atoms with E-state index >= 15 is 0 Å². The Balaban J connectivity index is 0.000000559. The van der Waals surface area contributed by atoms with Crippen LogP contribution in [0.2, 0.25) is 5.02 Å². The fourth-order valence-electron chi connectivity index (χ4n) is 5.43. The SMILES string of the molecule is COc1ccc([C@]23CC[C@H](NC(=O)Nc4ccc(C#N)c(Cl)c4)C[C@H]2N(C)CC3)cc1OC.O=C(O)C(F)(F)F. The summed E-state index contributed by atoms with van der Waals surface area (Å²) in [5.74, 6) is -1.28. The number of hydrogen-bond acceptors (Lipinski definition) is 6. The second-order valence-corrected chi connectivity index (χ2v) is 10.1.